The van der Waals surface area contributed by atoms with E-state index in [0.717, 1.165) is 29.1 Å². The van der Waals surface area contributed by atoms with Gasteiger partial charge in [-0.25, -0.2) is 17.9 Å². The molecule has 2 atom stereocenters. The van der Waals surface area contributed by atoms with E-state index in [4.69, 9.17) is 5.10 Å². The smallest absolute Gasteiger partial charge is 0.307 e. The van der Waals surface area contributed by atoms with Crippen LogP contribution in [-0.2, 0) is 16.4 Å². The van der Waals surface area contributed by atoms with Crippen LogP contribution in [0.2, 0.25) is 0 Å². The Kier molecular flexibility index (Phi) is 5.69. The second kappa shape index (κ2) is 9.18. The standard InChI is InChI=1S/C28H23N5O3S/c34-28(30-20-9-2-1-3-10-20)32-37(35,36)22-15-13-21(14-16-22)33-27(25-12-6-7-17-29-25)24-18-19-8-4-5-11-23(19)26(24)31-33/h1-17,24,27H,18H2,(H2,30,32,34). The number of nitrogens with zero attached hydrogens (tertiary/aromatic N) is 3. The number of sulfonamides is 1. The molecule has 0 saturated heterocycles. The fraction of sp³-hybridized carbons (Fsp3) is 0.107. The van der Waals surface area contributed by atoms with Crippen molar-refractivity contribution in [3.8, 4) is 0 Å². The third-order valence-corrected chi connectivity index (χ3v) is 7.95. The van der Waals surface area contributed by atoms with Gasteiger partial charge in [-0.2, -0.15) is 5.10 Å². The van der Waals surface area contributed by atoms with Crippen molar-refractivity contribution >= 4 is 33.1 Å². The predicted octanol–water partition coefficient (Wildman–Crippen LogP) is 4.73. The molecule has 37 heavy (non-hydrogen) atoms. The van der Waals surface area contributed by atoms with E-state index in [1.165, 1.54) is 17.7 Å². The zero-order chi connectivity index (χ0) is 25.4. The van der Waals surface area contributed by atoms with Gasteiger partial charge in [-0.1, -0.05) is 48.5 Å². The van der Waals surface area contributed by atoms with Gasteiger partial charge in [-0.15, -0.1) is 0 Å². The van der Waals surface area contributed by atoms with E-state index >= 15 is 0 Å². The number of aromatic nitrogens is 1. The van der Waals surface area contributed by atoms with Crippen LogP contribution in [0.3, 0.4) is 0 Å². The van der Waals surface area contributed by atoms with Crippen LogP contribution in [-0.4, -0.2) is 25.1 Å². The highest BCUT2D eigenvalue weighted by molar-refractivity contribution is 7.90. The highest BCUT2D eigenvalue weighted by atomic mass is 32.2. The summed E-state index contributed by atoms with van der Waals surface area (Å²) < 4.78 is 27.7. The average molecular weight is 510 g/mol. The molecule has 184 valence electrons. The zero-order valence-electron chi connectivity index (χ0n) is 19.7. The van der Waals surface area contributed by atoms with Crippen LogP contribution in [0.5, 0.6) is 0 Å². The van der Waals surface area contributed by atoms with Gasteiger partial charge in [0.25, 0.3) is 10.0 Å². The Morgan fingerprint density at radius 2 is 1.59 bits per heavy atom. The lowest BCUT2D eigenvalue weighted by molar-refractivity contribution is 0.256. The minimum atomic E-state index is -4.07. The first kappa shape index (κ1) is 22.9. The Balaban J connectivity index is 1.27. The number of carbonyl (C=O) groups excluding carboxylic acids is 1. The Hall–Kier alpha value is -4.50. The molecular weight excluding hydrogens is 486 g/mol. The molecule has 1 aliphatic carbocycles. The topological polar surface area (TPSA) is 104 Å². The fourth-order valence-electron chi connectivity index (χ4n) is 4.96. The van der Waals surface area contributed by atoms with E-state index in [1.807, 2.05) is 35.3 Å². The van der Waals surface area contributed by atoms with Gasteiger partial charge in [0.15, 0.2) is 0 Å². The molecule has 1 aliphatic heterocycles. The summed E-state index contributed by atoms with van der Waals surface area (Å²) in [6.07, 6.45) is 2.63. The van der Waals surface area contributed by atoms with Crippen molar-refractivity contribution in [1.82, 2.24) is 9.71 Å². The van der Waals surface area contributed by atoms with Crippen molar-refractivity contribution in [3.05, 3.63) is 120 Å². The van der Waals surface area contributed by atoms with E-state index < -0.39 is 16.1 Å². The number of nitrogens with one attached hydrogen (secondary N) is 2. The normalized spacial score (nSPS) is 18.1. The number of hydrogen-bond donors (Lipinski definition) is 2. The van der Waals surface area contributed by atoms with Crippen LogP contribution in [0, 0.1) is 5.92 Å². The number of pyridine rings is 1. The molecule has 0 bridgehead atoms. The summed E-state index contributed by atoms with van der Waals surface area (Å²) in [6.45, 7) is 0. The number of amides is 2. The van der Waals surface area contributed by atoms with Crippen LogP contribution in [0.25, 0.3) is 0 Å². The Bertz CT molecular complexity index is 1590. The molecule has 0 fully saturated rings. The van der Waals surface area contributed by atoms with E-state index in [-0.39, 0.29) is 16.9 Å². The average Bonchev–Trinajstić information content (AvgIpc) is 3.46. The van der Waals surface area contributed by atoms with Gasteiger partial charge in [-0.05, 0) is 60.5 Å². The maximum atomic E-state index is 12.8. The monoisotopic (exact) mass is 509 g/mol. The molecule has 2 unspecified atom stereocenters. The summed E-state index contributed by atoms with van der Waals surface area (Å²) in [6, 6.07) is 28.2. The number of carbonyl (C=O) groups is 1. The highest BCUT2D eigenvalue weighted by Gasteiger charge is 2.44. The Morgan fingerprint density at radius 3 is 2.35 bits per heavy atom. The van der Waals surface area contributed by atoms with Crippen molar-refractivity contribution in [2.45, 2.75) is 17.4 Å². The number of benzene rings is 3. The van der Waals surface area contributed by atoms with Crippen LogP contribution >= 0.6 is 0 Å². The number of para-hydroxylation sites is 1. The molecule has 2 N–H and O–H groups in total. The molecule has 8 nitrogen and oxygen atoms in total. The summed E-state index contributed by atoms with van der Waals surface area (Å²) in [4.78, 5) is 16.9. The highest BCUT2D eigenvalue weighted by Crippen LogP contribution is 2.45. The minimum absolute atomic E-state index is 0.0220. The molecule has 6 rings (SSSR count). The molecule has 2 amide bonds. The molecule has 0 saturated carbocycles. The van der Waals surface area contributed by atoms with Gasteiger partial charge in [0.05, 0.1) is 22.0 Å². The predicted molar refractivity (Wildman–Crippen MR) is 142 cm³/mol. The number of hydrazone groups is 1. The second-order valence-corrected chi connectivity index (χ2v) is 10.6. The van der Waals surface area contributed by atoms with Gasteiger partial charge in [0.1, 0.15) is 6.04 Å². The zero-order valence-corrected chi connectivity index (χ0v) is 20.5. The van der Waals surface area contributed by atoms with Crippen LogP contribution in [0.1, 0.15) is 22.9 Å². The van der Waals surface area contributed by atoms with Gasteiger partial charge >= 0.3 is 6.03 Å². The van der Waals surface area contributed by atoms with Crippen molar-refractivity contribution in [1.29, 1.82) is 0 Å². The molecule has 0 spiro atoms. The largest absolute Gasteiger partial charge is 0.333 e. The molecule has 3 aromatic carbocycles. The van der Waals surface area contributed by atoms with Gasteiger partial charge in [-0.3, -0.25) is 9.99 Å². The lowest BCUT2D eigenvalue weighted by Crippen LogP contribution is -2.34. The van der Waals surface area contributed by atoms with Gasteiger partial charge in [0, 0.05) is 23.4 Å². The van der Waals surface area contributed by atoms with Crippen molar-refractivity contribution in [2.24, 2.45) is 11.0 Å². The van der Waals surface area contributed by atoms with Crippen molar-refractivity contribution in [3.63, 3.8) is 0 Å². The number of hydrogen-bond acceptors (Lipinski definition) is 6. The van der Waals surface area contributed by atoms with Crippen molar-refractivity contribution in [2.75, 3.05) is 10.3 Å². The molecule has 0 radical (unpaired) electrons. The minimum Gasteiger partial charge on any atom is -0.307 e. The molecule has 2 aliphatic rings. The summed E-state index contributed by atoms with van der Waals surface area (Å²) in [5.41, 5.74) is 5.56. The first-order chi connectivity index (χ1) is 18.0. The number of rotatable bonds is 5. The van der Waals surface area contributed by atoms with Crippen LogP contribution in [0.4, 0.5) is 16.2 Å². The van der Waals surface area contributed by atoms with E-state index in [0.29, 0.717) is 5.69 Å². The first-order valence-corrected chi connectivity index (χ1v) is 13.3. The molecule has 2 heterocycles. The first-order valence-electron chi connectivity index (χ1n) is 11.9. The maximum absolute atomic E-state index is 12.8. The quantitative estimate of drug-likeness (QED) is 0.405. The summed E-state index contributed by atoms with van der Waals surface area (Å²) >= 11 is 0. The maximum Gasteiger partial charge on any atom is 0.333 e. The van der Waals surface area contributed by atoms with Crippen molar-refractivity contribution < 1.29 is 13.2 Å². The Morgan fingerprint density at radius 1 is 0.865 bits per heavy atom. The third kappa shape index (κ3) is 4.34. The number of anilines is 2. The lowest BCUT2D eigenvalue weighted by atomic mass is 9.93. The van der Waals surface area contributed by atoms with E-state index in [2.05, 4.69) is 27.2 Å². The van der Waals surface area contributed by atoms with Crippen LogP contribution in [0.15, 0.2) is 113 Å². The third-order valence-electron chi connectivity index (χ3n) is 6.61. The SMILES string of the molecule is O=C(Nc1ccccc1)NS(=O)(=O)c1ccc(N2N=C3c4ccccc4CC3C2c2ccccn2)cc1. The molecule has 9 heteroatoms. The number of fused-ring (bicyclic) bond motifs is 3. The molecule has 4 aromatic rings. The summed E-state index contributed by atoms with van der Waals surface area (Å²) in [5.74, 6) is 0.138. The van der Waals surface area contributed by atoms with E-state index in [9.17, 15) is 13.2 Å². The lowest BCUT2D eigenvalue weighted by Gasteiger charge is -2.27. The van der Waals surface area contributed by atoms with Crippen LogP contribution < -0.4 is 15.0 Å². The summed E-state index contributed by atoms with van der Waals surface area (Å²) in [5, 5.41) is 9.42. The number of urea groups is 1. The van der Waals surface area contributed by atoms with Gasteiger partial charge < -0.3 is 5.32 Å². The van der Waals surface area contributed by atoms with E-state index in [1.54, 1.807) is 48.7 Å². The molecule has 1 aromatic heterocycles. The van der Waals surface area contributed by atoms with Gasteiger partial charge in [0.2, 0.25) is 0 Å². The Labute approximate surface area is 214 Å². The molecular formula is C28H23N5O3S. The second-order valence-electron chi connectivity index (χ2n) is 8.92. The fourth-order valence-corrected chi connectivity index (χ4v) is 5.86. The summed E-state index contributed by atoms with van der Waals surface area (Å²) in [7, 11) is -4.07.